The zero-order valence-electron chi connectivity index (χ0n) is 11.1. The molecule has 4 heteroatoms. The number of hydrogen-bond acceptors (Lipinski definition) is 2. The van der Waals surface area contributed by atoms with E-state index in [1.54, 1.807) is 0 Å². The van der Waals surface area contributed by atoms with Gasteiger partial charge in [-0.05, 0) is 38.0 Å². The van der Waals surface area contributed by atoms with Crippen molar-refractivity contribution >= 4 is 16.9 Å². The van der Waals surface area contributed by atoms with Crippen LogP contribution < -0.4 is 4.72 Å². The van der Waals surface area contributed by atoms with Gasteiger partial charge in [-0.2, -0.15) is 0 Å². The maximum Gasteiger partial charge on any atom is 0.235 e. The summed E-state index contributed by atoms with van der Waals surface area (Å²) in [6.45, 7) is 2.20. The van der Waals surface area contributed by atoms with E-state index in [0.717, 1.165) is 25.7 Å². The van der Waals surface area contributed by atoms with Crippen molar-refractivity contribution in [2.24, 2.45) is 11.8 Å². The number of nitrogens with one attached hydrogen (secondary N) is 1. The average molecular weight is 269 g/mol. The van der Waals surface area contributed by atoms with Gasteiger partial charge in [0.15, 0.2) is 0 Å². The van der Waals surface area contributed by atoms with Crippen LogP contribution in [0.5, 0.6) is 0 Å². The SMILES string of the molecule is CCCCC/C=C\[C@@H]1C[C@@H]1C(=O)NS(=O)C1CC1. The van der Waals surface area contributed by atoms with Crippen LogP contribution in [0.25, 0.3) is 0 Å². The van der Waals surface area contributed by atoms with E-state index in [4.69, 9.17) is 0 Å². The predicted molar refractivity (Wildman–Crippen MR) is 74.2 cm³/mol. The number of rotatable bonds is 8. The Bertz CT molecular complexity index is 350. The summed E-state index contributed by atoms with van der Waals surface area (Å²) >= 11 is 0. The van der Waals surface area contributed by atoms with Crippen LogP contribution in [-0.2, 0) is 15.8 Å². The summed E-state index contributed by atoms with van der Waals surface area (Å²) in [5.74, 6) is 0.460. The van der Waals surface area contributed by atoms with E-state index in [1.165, 1.54) is 19.3 Å². The fourth-order valence-electron chi connectivity index (χ4n) is 2.05. The highest BCUT2D eigenvalue weighted by Crippen LogP contribution is 2.40. The van der Waals surface area contributed by atoms with Crippen molar-refractivity contribution in [1.82, 2.24) is 4.72 Å². The molecule has 2 rings (SSSR count). The lowest BCUT2D eigenvalue weighted by Gasteiger charge is -2.01. The summed E-state index contributed by atoms with van der Waals surface area (Å²) in [7, 11) is -1.12. The molecule has 0 bridgehead atoms. The molecule has 0 heterocycles. The van der Waals surface area contributed by atoms with Crippen LogP contribution in [0.4, 0.5) is 0 Å². The normalized spacial score (nSPS) is 28.3. The van der Waals surface area contributed by atoms with Gasteiger partial charge in [0.05, 0.1) is 5.25 Å². The number of amides is 1. The Balaban J connectivity index is 1.61. The summed E-state index contributed by atoms with van der Waals surface area (Å²) < 4.78 is 14.2. The minimum atomic E-state index is -1.12. The van der Waals surface area contributed by atoms with Crippen molar-refractivity contribution in [3.05, 3.63) is 12.2 Å². The molecule has 0 aromatic heterocycles. The molecule has 3 atom stereocenters. The summed E-state index contributed by atoms with van der Waals surface area (Å²) in [5, 5.41) is 0.232. The van der Waals surface area contributed by atoms with Crippen molar-refractivity contribution in [3.8, 4) is 0 Å². The predicted octanol–water partition coefficient (Wildman–Crippen LogP) is 2.70. The first kappa shape index (κ1) is 13.8. The topological polar surface area (TPSA) is 46.2 Å². The maximum atomic E-state index is 11.8. The van der Waals surface area contributed by atoms with Crippen LogP contribution in [0.2, 0.25) is 0 Å². The Labute approximate surface area is 112 Å². The third-order valence-electron chi connectivity index (χ3n) is 3.56. The van der Waals surface area contributed by atoms with E-state index >= 15 is 0 Å². The van der Waals surface area contributed by atoms with Gasteiger partial charge in [0.25, 0.3) is 0 Å². The number of allylic oxidation sites excluding steroid dienone is 2. The van der Waals surface area contributed by atoms with Crippen molar-refractivity contribution in [1.29, 1.82) is 0 Å². The number of hydrogen-bond donors (Lipinski definition) is 1. The van der Waals surface area contributed by atoms with Gasteiger partial charge < -0.3 is 0 Å². The highest BCUT2D eigenvalue weighted by Gasteiger charge is 2.42. The first-order valence-electron chi connectivity index (χ1n) is 7.10. The van der Waals surface area contributed by atoms with E-state index in [0.29, 0.717) is 5.92 Å². The van der Waals surface area contributed by atoms with Gasteiger partial charge in [0, 0.05) is 5.92 Å². The van der Waals surface area contributed by atoms with Gasteiger partial charge >= 0.3 is 0 Å². The summed E-state index contributed by atoms with van der Waals surface area (Å²) in [5.41, 5.74) is 0. The first-order valence-corrected chi connectivity index (χ1v) is 8.31. The number of unbranched alkanes of at least 4 members (excludes halogenated alkanes) is 3. The Morgan fingerprint density at radius 2 is 2.17 bits per heavy atom. The molecule has 3 nitrogen and oxygen atoms in total. The molecule has 2 saturated carbocycles. The lowest BCUT2D eigenvalue weighted by molar-refractivity contribution is -0.120. The quantitative estimate of drug-likeness (QED) is 0.544. The minimum Gasteiger partial charge on any atom is -0.275 e. The largest absolute Gasteiger partial charge is 0.275 e. The van der Waals surface area contributed by atoms with Crippen LogP contribution in [-0.4, -0.2) is 15.4 Å². The molecule has 0 aliphatic heterocycles. The molecule has 18 heavy (non-hydrogen) atoms. The standard InChI is InChI=1S/C14H23NO2S/c1-2-3-4-5-6-7-11-10-13(11)14(16)15-18(17)12-8-9-12/h6-7,11-13H,2-5,8-10H2,1H3,(H,15,16)/b7-6-/t11-,13+,18?/m1/s1. The van der Waals surface area contributed by atoms with Gasteiger partial charge in [0.1, 0.15) is 11.0 Å². The van der Waals surface area contributed by atoms with Gasteiger partial charge in [-0.15, -0.1) is 0 Å². The summed E-state index contributed by atoms with van der Waals surface area (Å²) in [4.78, 5) is 11.8. The van der Waals surface area contributed by atoms with E-state index < -0.39 is 11.0 Å². The number of carbonyl (C=O) groups is 1. The minimum absolute atomic E-state index is 0.0107. The number of carbonyl (C=O) groups excluding carboxylic acids is 1. The van der Waals surface area contributed by atoms with Crippen LogP contribution in [0.3, 0.4) is 0 Å². The molecule has 2 fully saturated rings. The molecular weight excluding hydrogens is 246 g/mol. The Kier molecular flexibility index (Phi) is 4.98. The van der Waals surface area contributed by atoms with E-state index in [-0.39, 0.29) is 17.1 Å². The lowest BCUT2D eigenvalue weighted by atomic mass is 10.2. The van der Waals surface area contributed by atoms with E-state index in [2.05, 4.69) is 23.8 Å². The molecule has 0 spiro atoms. The van der Waals surface area contributed by atoms with Crippen LogP contribution in [0.15, 0.2) is 12.2 Å². The molecule has 1 unspecified atom stereocenters. The molecule has 102 valence electrons. The second-order valence-electron chi connectivity index (χ2n) is 5.39. The third-order valence-corrected chi connectivity index (χ3v) is 5.04. The molecule has 2 aliphatic rings. The molecule has 0 aromatic carbocycles. The van der Waals surface area contributed by atoms with Crippen LogP contribution >= 0.6 is 0 Å². The highest BCUT2D eigenvalue weighted by molar-refractivity contribution is 7.84. The Morgan fingerprint density at radius 1 is 1.39 bits per heavy atom. The van der Waals surface area contributed by atoms with E-state index in [1.807, 2.05) is 0 Å². The third kappa shape index (κ3) is 4.23. The van der Waals surface area contributed by atoms with E-state index in [9.17, 15) is 9.00 Å². The summed E-state index contributed by atoms with van der Waals surface area (Å²) in [6.07, 6.45) is 12.2. The first-order chi connectivity index (χ1) is 8.72. The van der Waals surface area contributed by atoms with Crippen molar-refractivity contribution < 1.29 is 9.00 Å². The smallest absolute Gasteiger partial charge is 0.235 e. The van der Waals surface area contributed by atoms with Gasteiger partial charge in [-0.3, -0.25) is 9.52 Å². The zero-order valence-corrected chi connectivity index (χ0v) is 11.9. The molecule has 0 saturated heterocycles. The van der Waals surface area contributed by atoms with Crippen LogP contribution in [0, 0.1) is 11.8 Å². The Hall–Kier alpha value is -0.640. The van der Waals surface area contributed by atoms with Gasteiger partial charge in [0.2, 0.25) is 5.91 Å². The van der Waals surface area contributed by atoms with Crippen molar-refractivity contribution in [2.75, 3.05) is 0 Å². The second kappa shape index (κ2) is 6.50. The maximum absolute atomic E-state index is 11.8. The van der Waals surface area contributed by atoms with Crippen LogP contribution in [0.1, 0.15) is 51.9 Å². The summed E-state index contributed by atoms with van der Waals surface area (Å²) in [6, 6.07) is 0. The fourth-order valence-corrected chi connectivity index (χ4v) is 3.13. The lowest BCUT2D eigenvalue weighted by Crippen LogP contribution is -2.29. The molecule has 0 aromatic rings. The van der Waals surface area contributed by atoms with Gasteiger partial charge in [-0.1, -0.05) is 31.9 Å². The Morgan fingerprint density at radius 3 is 2.83 bits per heavy atom. The highest BCUT2D eigenvalue weighted by atomic mass is 32.2. The van der Waals surface area contributed by atoms with Crippen molar-refractivity contribution in [3.63, 3.8) is 0 Å². The zero-order chi connectivity index (χ0) is 13.0. The second-order valence-corrected chi connectivity index (χ2v) is 6.86. The molecule has 1 amide bonds. The fraction of sp³-hybridized carbons (Fsp3) is 0.786. The monoisotopic (exact) mass is 269 g/mol. The molecule has 1 N–H and O–H groups in total. The average Bonchev–Trinajstić information content (AvgIpc) is 3.22. The molecule has 2 aliphatic carbocycles. The molecular formula is C14H23NO2S. The van der Waals surface area contributed by atoms with Gasteiger partial charge in [-0.25, -0.2) is 4.21 Å². The van der Waals surface area contributed by atoms with Crippen molar-refractivity contribution in [2.45, 2.75) is 57.1 Å². The molecule has 0 radical (unpaired) electrons.